The maximum Gasteiger partial charge on any atom is 0.228 e. The van der Waals surface area contributed by atoms with Gasteiger partial charge < -0.3 is 14.7 Å². The van der Waals surface area contributed by atoms with E-state index < -0.39 is 0 Å². The molecule has 5 nitrogen and oxygen atoms in total. The molecule has 0 spiro atoms. The van der Waals surface area contributed by atoms with Crippen LogP contribution in [0.25, 0.3) is 0 Å². The molecule has 2 atom stereocenters. The van der Waals surface area contributed by atoms with E-state index in [0.29, 0.717) is 26.1 Å². The molecule has 2 saturated heterocycles. The standard InChI is InChI=1S/C24H29N3O2/c1-18-8-6-7-11-22(18)25-12-14-26(15-13-25)24(29)21-16-23(28)27(17-21)19(2)20-9-4-3-5-10-20/h3-11,19,21H,12-17H2,1-2H3/t19-,21+/m1/s1. The van der Waals surface area contributed by atoms with Crippen LogP contribution in [0.5, 0.6) is 0 Å². The van der Waals surface area contributed by atoms with E-state index in [1.54, 1.807) is 0 Å². The molecule has 2 aliphatic rings. The number of piperazine rings is 1. The van der Waals surface area contributed by atoms with Crippen LogP contribution in [0.15, 0.2) is 54.6 Å². The van der Waals surface area contributed by atoms with E-state index in [1.807, 2.05) is 47.1 Å². The second kappa shape index (κ2) is 8.27. The second-order valence-corrected chi connectivity index (χ2v) is 8.13. The van der Waals surface area contributed by atoms with E-state index in [4.69, 9.17) is 0 Å². The van der Waals surface area contributed by atoms with Crippen LogP contribution in [-0.4, -0.2) is 54.3 Å². The summed E-state index contributed by atoms with van der Waals surface area (Å²) in [7, 11) is 0. The summed E-state index contributed by atoms with van der Waals surface area (Å²) in [6, 6.07) is 18.4. The van der Waals surface area contributed by atoms with Crippen molar-refractivity contribution in [2.24, 2.45) is 5.92 Å². The monoisotopic (exact) mass is 391 g/mol. The van der Waals surface area contributed by atoms with Gasteiger partial charge in [-0.2, -0.15) is 0 Å². The first-order valence-electron chi connectivity index (χ1n) is 10.5. The first-order chi connectivity index (χ1) is 14.0. The molecule has 2 aromatic carbocycles. The van der Waals surface area contributed by atoms with E-state index in [0.717, 1.165) is 18.7 Å². The molecule has 0 saturated carbocycles. The van der Waals surface area contributed by atoms with Crippen molar-refractivity contribution in [1.29, 1.82) is 0 Å². The number of likely N-dealkylation sites (tertiary alicyclic amines) is 1. The second-order valence-electron chi connectivity index (χ2n) is 8.13. The topological polar surface area (TPSA) is 43.9 Å². The Balaban J connectivity index is 1.36. The minimum atomic E-state index is -0.223. The van der Waals surface area contributed by atoms with E-state index in [9.17, 15) is 9.59 Å². The molecule has 5 heteroatoms. The summed E-state index contributed by atoms with van der Waals surface area (Å²) in [5.74, 6) is -0.0116. The maximum absolute atomic E-state index is 13.1. The smallest absolute Gasteiger partial charge is 0.228 e. The minimum absolute atomic E-state index is 0.000553. The molecule has 2 aromatic rings. The Bertz CT molecular complexity index is 875. The maximum atomic E-state index is 13.1. The Labute approximate surface area is 172 Å². The van der Waals surface area contributed by atoms with Crippen molar-refractivity contribution >= 4 is 17.5 Å². The molecule has 0 unspecified atom stereocenters. The molecule has 2 fully saturated rings. The predicted molar refractivity (Wildman–Crippen MR) is 115 cm³/mol. The minimum Gasteiger partial charge on any atom is -0.368 e. The number of aryl methyl sites for hydroxylation is 1. The third kappa shape index (κ3) is 4.00. The van der Waals surface area contributed by atoms with Crippen LogP contribution in [0.4, 0.5) is 5.69 Å². The molecule has 29 heavy (non-hydrogen) atoms. The summed E-state index contributed by atoms with van der Waals surface area (Å²) in [6.07, 6.45) is 0.327. The average Bonchev–Trinajstić information content (AvgIpc) is 3.15. The van der Waals surface area contributed by atoms with Gasteiger partial charge in [0.2, 0.25) is 11.8 Å². The molecule has 2 heterocycles. The molecule has 2 amide bonds. The number of carbonyl (C=O) groups excluding carboxylic acids is 2. The fourth-order valence-electron chi connectivity index (χ4n) is 4.53. The average molecular weight is 392 g/mol. The van der Waals surface area contributed by atoms with Gasteiger partial charge in [0, 0.05) is 44.8 Å². The van der Waals surface area contributed by atoms with Gasteiger partial charge in [0.15, 0.2) is 0 Å². The first-order valence-corrected chi connectivity index (χ1v) is 10.5. The lowest BCUT2D eigenvalue weighted by atomic mass is 10.1. The number of amides is 2. The SMILES string of the molecule is Cc1ccccc1N1CCN(C(=O)[C@H]2CC(=O)N([C@H](C)c3ccccc3)C2)CC1. The predicted octanol–water partition coefficient (Wildman–Crippen LogP) is 3.25. The normalized spacial score (nSPS) is 20.8. The van der Waals surface area contributed by atoms with Crippen LogP contribution in [0.2, 0.25) is 0 Å². The summed E-state index contributed by atoms with van der Waals surface area (Å²) in [4.78, 5) is 31.9. The molecule has 0 radical (unpaired) electrons. The van der Waals surface area contributed by atoms with Crippen molar-refractivity contribution in [3.8, 4) is 0 Å². The zero-order valence-corrected chi connectivity index (χ0v) is 17.3. The summed E-state index contributed by atoms with van der Waals surface area (Å²) in [6.45, 7) is 7.78. The van der Waals surface area contributed by atoms with E-state index in [1.165, 1.54) is 11.3 Å². The van der Waals surface area contributed by atoms with Crippen LogP contribution in [0.1, 0.15) is 30.5 Å². The Morgan fingerprint density at radius 3 is 2.31 bits per heavy atom. The van der Waals surface area contributed by atoms with Crippen molar-refractivity contribution < 1.29 is 9.59 Å². The number of para-hydroxylation sites is 1. The Morgan fingerprint density at radius 1 is 0.966 bits per heavy atom. The van der Waals surface area contributed by atoms with Crippen LogP contribution >= 0.6 is 0 Å². The van der Waals surface area contributed by atoms with Crippen LogP contribution in [-0.2, 0) is 9.59 Å². The molecule has 0 aliphatic carbocycles. The Morgan fingerprint density at radius 2 is 1.62 bits per heavy atom. The molecular formula is C24H29N3O2. The van der Waals surface area contributed by atoms with Gasteiger partial charge in [-0.15, -0.1) is 0 Å². The van der Waals surface area contributed by atoms with Gasteiger partial charge in [-0.25, -0.2) is 0 Å². The summed E-state index contributed by atoms with van der Waals surface area (Å²) >= 11 is 0. The summed E-state index contributed by atoms with van der Waals surface area (Å²) < 4.78 is 0. The number of nitrogens with zero attached hydrogens (tertiary/aromatic N) is 3. The zero-order chi connectivity index (χ0) is 20.4. The first kappa shape index (κ1) is 19.5. The highest BCUT2D eigenvalue weighted by atomic mass is 16.2. The van der Waals surface area contributed by atoms with Gasteiger partial charge in [-0.3, -0.25) is 9.59 Å². The highest BCUT2D eigenvalue weighted by molar-refractivity contribution is 5.89. The Kier molecular flexibility index (Phi) is 5.56. The van der Waals surface area contributed by atoms with Gasteiger partial charge >= 0.3 is 0 Å². The summed E-state index contributed by atoms with van der Waals surface area (Å²) in [5.41, 5.74) is 3.62. The molecule has 0 N–H and O–H groups in total. The third-order valence-corrected chi connectivity index (χ3v) is 6.30. The fraction of sp³-hybridized carbons (Fsp3) is 0.417. The molecule has 152 valence electrons. The quantitative estimate of drug-likeness (QED) is 0.804. The van der Waals surface area contributed by atoms with Crippen molar-refractivity contribution in [1.82, 2.24) is 9.80 Å². The van der Waals surface area contributed by atoms with Crippen molar-refractivity contribution in [3.63, 3.8) is 0 Å². The molecule has 2 aliphatic heterocycles. The lowest BCUT2D eigenvalue weighted by Gasteiger charge is -2.37. The number of anilines is 1. The lowest BCUT2D eigenvalue weighted by molar-refractivity contribution is -0.136. The highest BCUT2D eigenvalue weighted by Crippen LogP contribution is 2.30. The third-order valence-electron chi connectivity index (χ3n) is 6.30. The number of benzene rings is 2. The van der Waals surface area contributed by atoms with E-state index >= 15 is 0 Å². The van der Waals surface area contributed by atoms with Crippen LogP contribution < -0.4 is 4.90 Å². The van der Waals surface area contributed by atoms with Gasteiger partial charge in [0.25, 0.3) is 0 Å². The van der Waals surface area contributed by atoms with E-state index in [-0.39, 0.29) is 23.8 Å². The lowest BCUT2D eigenvalue weighted by Crippen LogP contribution is -2.50. The number of carbonyl (C=O) groups is 2. The zero-order valence-electron chi connectivity index (χ0n) is 17.3. The molecule has 4 rings (SSSR count). The molecular weight excluding hydrogens is 362 g/mol. The number of rotatable bonds is 4. The van der Waals surface area contributed by atoms with Gasteiger partial charge in [0.05, 0.1) is 12.0 Å². The van der Waals surface area contributed by atoms with Crippen molar-refractivity contribution in [3.05, 3.63) is 65.7 Å². The largest absolute Gasteiger partial charge is 0.368 e. The number of hydrogen-bond donors (Lipinski definition) is 0. The van der Waals surface area contributed by atoms with Crippen LogP contribution in [0, 0.1) is 12.8 Å². The molecule has 0 bridgehead atoms. The van der Waals surface area contributed by atoms with Gasteiger partial charge in [-0.1, -0.05) is 48.5 Å². The fourth-order valence-corrected chi connectivity index (χ4v) is 4.53. The van der Waals surface area contributed by atoms with E-state index in [2.05, 4.69) is 36.1 Å². The summed E-state index contributed by atoms with van der Waals surface area (Å²) in [5, 5.41) is 0. The van der Waals surface area contributed by atoms with Crippen molar-refractivity contribution in [2.45, 2.75) is 26.3 Å². The highest BCUT2D eigenvalue weighted by Gasteiger charge is 2.39. The van der Waals surface area contributed by atoms with Gasteiger partial charge in [0.1, 0.15) is 0 Å². The van der Waals surface area contributed by atoms with Crippen LogP contribution in [0.3, 0.4) is 0 Å². The molecule has 0 aromatic heterocycles. The Hall–Kier alpha value is -2.82. The van der Waals surface area contributed by atoms with Crippen molar-refractivity contribution in [2.75, 3.05) is 37.6 Å². The van der Waals surface area contributed by atoms with Gasteiger partial charge in [-0.05, 0) is 31.0 Å². The number of hydrogen-bond acceptors (Lipinski definition) is 3.